The van der Waals surface area contributed by atoms with E-state index in [4.69, 9.17) is 9.84 Å². The number of rotatable bonds is 8. The third-order valence-electron chi connectivity index (χ3n) is 3.24. The lowest BCUT2D eigenvalue weighted by molar-refractivity contribution is -0.158. The highest BCUT2D eigenvalue weighted by molar-refractivity contribution is 5.76. The van der Waals surface area contributed by atoms with Gasteiger partial charge in [0, 0.05) is 32.8 Å². The maximum Gasteiger partial charge on any atom is 0.336 e. The molecule has 2 atom stereocenters. The second-order valence-corrected chi connectivity index (χ2v) is 5.10. The molecule has 1 fully saturated rings. The average Bonchev–Trinajstić information content (AvgIpc) is 2.78. The van der Waals surface area contributed by atoms with E-state index in [0.29, 0.717) is 19.2 Å². The van der Waals surface area contributed by atoms with Crippen molar-refractivity contribution in [3.05, 3.63) is 0 Å². The van der Waals surface area contributed by atoms with Crippen LogP contribution >= 0.6 is 0 Å². The first-order chi connectivity index (χ1) is 8.45. The van der Waals surface area contributed by atoms with Crippen molar-refractivity contribution in [2.45, 2.75) is 31.4 Å². The first-order valence-corrected chi connectivity index (χ1v) is 6.36. The molecule has 1 heterocycles. The number of nitrogens with zero attached hydrogens (tertiary/aromatic N) is 1. The minimum atomic E-state index is -1.72. The fourth-order valence-corrected chi connectivity index (χ4v) is 2.18. The van der Waals surface area contributed by atoms with Crippen molar-refractivity contribution in [1.82, 2.24) is 10.2 Å². The first-order valence-electron chi connectivity index (χ1n) is 6.36. The summed E-state index contributed by atoms with van der Waals surface area (Å²) in [5.74, 6) is -1.19. The molecule has 18 heavy (non-hydrogen) atoms. The third kappa shape index (κ3) is 4.89. The SMILES string of the molecule is COCCN(CC1CCCN1)CC(C)(O)C(=O)O. The minimum absolute atomic E-state index is 0.115. The van der Waals surface area contributed by atoms with Gasteiger partial charge in [0.1, 0.15) is 0 Å². The van der Waals surface area contributed by atoms with Crippen LogP contribution in [0.25, 0.3) is 0 Å². The molecule has 0 spiro atoms. The molecule has 0 radical (unpaired) electrons. The molecule has 0 aromatic rings. The molecule has 0 saturated carbocycles. The molecule has 0 amide bonds. The number of ether oxygens (including phenoxy) is 1. The Kier molecular flexibility index (Phi) is 6.01. The minimum Gasteiger partial charge on any atom is -0.479 e. The molecular formula is C12H24N2O4. The number of nitrogens with one attached hydrogen (secondary N) is 1. The van der Waals surface area contributed by atoms with Crippen LogP contribution in [0.4, 0.5) is 0 Å². The standard InChI is InChI=1S/C12H24N2O4/c1-12(17,11(15)16)9-14(6-7-18-2)8-10-4-3-5-13-10/h10,13,17H,3-9H2,1-2H3,(H,15,16). The van der Waals surface area contributed by atoms with Crippen molar-refractivity contribution in [2.24, 2.45) is 0 Å². The maximum absolute atomic E-state index is 10.9. The van der Waals surface area contributed by atoms with Crippen LogP contribution < -0.4 is 5.32 Å². The first kappa shape index (κ1) is 15.4. The van der Waals surface area contributed by atoms with Crippen molar-refractivity contribution < 1.29 is 19.7 Å². The summed E-state index contributed by atoms with van der Waals surface area (Å²) >= 11 is 0. The molecule has 1 aliphatic rings. The van der Waals surface area contributed by atoms with Gasteiger partial charge in [-0.2, -0.15) is 0 Å². The summed E-state index contributed by atoms with van der Waals surface area (Å²) < 4.78 is 5.02. The molecule has 0 aromatic heterocycles. The van der Waals surface area contributed by atoms with Crippen molar-refractivity contribution in [2.75, 3.05) is 39.9 Å². The Balaban J connectivity index is 2.50. The fourth-order valence-electron chi connectivity index (χ4n) is 2.18. The summed E-state index contributed by atoms with van der Waals surface area (Å²) in [6.45, 7) is 4.35. The highest BCUT2D eigenvalue weighted by Crippen LogP contribution is 2.11. The van der Waals surface area contributed by atoms with Gasteiger partial charge < -0.3 is 20.3 Å². The molecule has 1 aliphatic heterocycles. The molecule has 0 bridgehead atoms. The van der Waals surface area contributed by atoms with E-state index in [2.05, 4.69) is 5.32 Å². The van der Waals surface area contributed by atoms with Crippen LogP contribution in [0.1, 0.15) is 19.8 Å². The van der Waals surface area contributed by atoms with E-state index in [1.54, 1.807) is 7.11 Å². The van der Waals surface area contributed by atoms with E-state index in [1.807, 2.05) is 4.90 Å². The molecule has 1 saturated heterocycles. The normalized spacial score (nSPS) is 23.2. The molecule has 3 N–H and O–H groups in total. The van der Waals surface area contributed by atoms with E-state index >= 15 is 0 Å². The maximum atomic E-state index is 10.9. The number of methoxy groups -OCH3 is 1. The van der Waals surface area contributed by atoms with E-state index in [9.17, 15) is 9.90 Å². The molecule has 0 aromatic carbocycles. The van der Waals surface area contributed by atoms with Crippen molar-refractivity contribution in [1.29, 1.82) is 0 Å². The number of hydrogen-bond acceptors (Lipinski definition) is 5. The molecule has 0 aliphatic carbocycles. The molecule has 6 heteroatoms. The second kappa shape index (κ2) is 7.04. The van der Waals surface area contributed by atoms with Crippen molar-refractivity contribution >= 4 is 5.97 Å². The van der Waals surface area contributed by atoms with E-state index in [-0.39, 0.29) is 6.54 Å². The monoisotopic (exact) mass is 260 g/mol. The van der Waals surface area contributed by atoms with E-state index in [1.165, 1.54) is 6.92 Å². The summed E-state index contributed by atoms with van der Waals surface area (Å²) in [6, 6.07) is 0.381. The molecule has 2 unspecified atom stereocenters. The van der Waals surface area contributed by atoms with Gasteiger partial charge in [-0.3, -0.25) is 4.90 Å². The zero-order valence-corrected chi connectivity index (χ0v) is 11.2. The van der Waals surface area contributed by atoms with Gasteiger partial charge in [0.2, 0.25) is 0 Å². The van der Waals surface area contributed by atoms with Gasteiger partial charge in [-0.05, 0) is 26.3 Å². The summed E-state index contributed by atoms with van der Waals surface area (Å²) in [7, 11) is 1.61. The summed E-state index contributed by atoms with van der Waals surface area (Å²) in [5, 5.41) is 22.2. The Morgan fingerprint density at radius 2 is 2.33 bits per heavy atom. The number of carboxylic acids is 1. The van der Waals surface area contributed by atoms with E-state index < -0.39 is 11.6 Å². The highest BCUT2D eigenvalue weighted by Gasteiger charge is 2.33. The third-order valence-corrected chi connectivity index (χ3v) is 3.24. The predicted molar refractivity (Wildman–Crippen MR) is 67.6 cm³/mol. The van der Waals surface area contributed by atoms with Crippen LogP contribution in [0, 0.1) is 0 Å². The van der Waals surface area contributed by atoms with Gasteiger partial charge in [0.05, 0.1) is 6.61 Å². The van der Waals surface area contributed by atoms with Gasteiger partial charge in [-0.1, -0.05) is 0 Å². The lowest BCUT2D eigenvalue weighted by atomic mass is 10.1. The lowest BCUT2D eigenvalue weighted by Gasteiger charge is -2.30. The van der Waals surface area contributed by atoms with Gasteiger partial charge in [0.25, 0.3) is 0 Å². The number of carboxylic acid groups (broad SMARTS) is 1. The summed E-state index contributed by atoms with van der Waals surface area (Å²) in [4.78, 5) is 12.9. The number of aliphatic hydroxyl groups is 1. The predicted octanol–water partition coefficient (Wildman–Crippen LogP) is -0.478. The van der Waals surface area contributed by atoms with Crippen LogP contribution in [0.5, 0.6) is 0 Å². The Morgan fingerprint density at radius 1 is 1.61 bits per heavy atom. The summed E-state index contributed by atoms with van der Waals surface area (Å²) in [6.07, 6.45) is 2.25. The second-order valence-electron chi connectivity index (χ2n) is 5.10. The van der Waals surface area contributed by atoms with E-state index in [0.717, 1.165) is 25.9 Å². The van der Waals surface area contributed by atoms with Crippen molar-refractivity contribution in [3.63, 3.8) is 0 Å². The number of carbonyl (C=O) groups is 1. The molecule has 1 rings (SSSR count). The van der Waals surface area contributed by atoms with Gasteiger partial charge >= 0.3 is 5.97 Å². The Bertz CT molecular complexity index is 265. The zero-order valence-electron chi connectivity index (χ0n) is 11.2. The highest BCUT2D eigenvalue weighted by atomic mass is 16.5. The quantitative estimate of drug-likeness (QED) is 0.547. The lowest BCUT2D eigenvalue weighted by Crippen LogP contribution is -2.50. The number of aliphatic carboxylic acids is 1. The topological polar surface area (TPSA) is 82.0 Å². The Labute approximate surface area is 108 Å². The van der Waals surface area contributed by atoms with Crippen LogP contribution in [-0.2, 0) is 9.53 Å². The van der Waals surface area contributed by atoms with Gasteiger partial charge in [-0.15, -0.1) is 0 Å². The van der Waals surface area contributed by atoms with Crippen molar-refractivity contribution in [3.8, 4) is 0 Å². The Hall–Kier alpha value is -0.690. The average molecular weight is 260 g/mol. The molecular weight excluding hydrogens is 236 g/mol. The van der Waals surface area contributed by atoms with Crippen LogP contribution in [-0.4, -0.2) is 72.6 Å². The molecule has 6 nitrogen and oxygen atoms in total. The largest absolute Gasteiger partial charge is 0.479 e. The van der Waals surface area contributed by atoms with Gasteiger partial charge in [0.15, 0.2) is 5.60 Å². The fraction of sp³-hybridized carbons (Fsp3) is 0.917. The Morgan fingerprint density at radius 3 is 2.83 bits per heavy atom. The molecule has 106 valence electrons. The van der Waals surface area contributed by atoms with Crippen LogP contribution in [0.3, 0.4) is 0 Å². The number of hydrogen-bond donors (Lipinski definition) is 3. The smallest absolute Gasteiger partial charge is 0.336 e. The summed E-state index contributed by atoms with van der Waals surface area (Å²) in [5.41, 5.74) is -1.72. The van der Waals surface area contributed by atoms with Crippen LogP contribution in [0.2, 0.25) is 0 Å². The van der Waals surface area contributed by atoms with Crippen LogP contribution in [0.15, 0.2) is 0 Å². The van der Waals surface area contributed by atoms with Gasteiger partial charge in [-0.25, -0.2) is 4.79 Å². The zero-order chi connectivity index (χ0) is 13.6.